The van der Waals surface area contributed by atoms with Crippen molar-refractivity contribution in [1.29, 1.82) is 0 Å². The summed E-state index contributed by atoms with van der Waals surface area (Å²) in [6.07, 6.45) is 5.81. The predicted molar refractivity (Wildman–Crippen MR) is 111 cm³/mol. The second kappa shape index (κ2) is 7.66. The van der Waals surface area contributed by atoms with Gasteiger partial charge in [-0.1, -0.05) is 18.2 Å². The summed E-state index contributed by atoms with van der Waals surface area (Å²) in [7, 11) is 0. The Morgan fingerprint density at radius 3 is 2.74 bits per heavy atom. The number of hydrogen-bond acceptors (Lipinski definition) is 5. The Balaban J connectivity index is 1.71. The zero-order chi connectivity index (χ0) is 21.5. The summed E-state index contributed by atoms with van der Waals surface area (Å²) in [5.41, 5.74) is 1.68. The average Bonchev–Trinajstić information content (AvgIpc) is 3.47. The van der Waals surface area contributed by atoms with Gasteiger partial charge in [-0.2, -0.15) is 9.61 Å². The van der Waals surface area contributed by atoms with Gasteiger partial charge < -0.3 is 15.2 Å². The van der Waals surface area contributed by atoms with E-state index in [9.17, 15) is 19.1 Å². The highest BCUT2D eigenvalue weighted by molar-refractivity contribution is 5.97. The smallest absolute Gasteiger partial charge is 0.291 e. The molecule has 3 heterocycles. The quantitative estimate of drug-likeness (QED) is 0.654. The predicted octanol–water partition coefficient (Wildman–Crippen LogP) is 2.08. The molecule has 3 aromatic rings. The first kappa shape index (κ1) is 19.5. The summed E-state index contributed by atoms with van der Waals surface area (Å²) in [4.78, 5) is 25.8. The summed E-state index contributed by atoms with van der Waals surface area (Å²) >= 11 is 0. The lowest BCUT2D eigenvalue weighted by Crippen LogP contribution is -2.34. The molecule has 9 heteroatoms. The van der Waals surface area contributed by atoms with Crippen LogP contribution in [0.25, 0.3) is 11.2 Å². The molecular weight excluding hydrogens is 403 g/mol. The van der Waals surface area contributed by atoms with E-state index in [1.54, 1.807) is 18.3 Å². The van der Waals surface area contributed by atoms with E-state index in [1.165, 1.54) is 16.7 Å². The molecule has 2 aromatic heterocycles. The van der Waals surface area contributed by atoms with E-state index in [2.05, 4.69) is 10.4 Å². The molecule has 0 unspecified atom stereocenters. The first-order chi connectivity index (χ1) is 15.0. The Labute approximate surface area is 176 Å². The molecule has 1 amide bonds. The van der Waals surface area contributed by atoms with Crippen molar-refractivity contribution in [2.75, 3.05) is 13.2 Å². The van der Waals surface area contributed by atoms with E-state index < -0.39 is 17.3 Å². The van der Waals surface area contributed by atoms with Crippen molar-refractivity contribution in [3.8, 4) is 5.88 Å². The number of aromatic hydroxyl groups is 1. The third kappa shape index (κ3) is 3.61. The molecule has 8 nitrogen and oxygen atoms in total. The van der Waals surface area contributed by atoms with Gasteiger partial charge in [-0.25, -0.2) is 4.39 Å². The molecule has 160 valence electrons. The molecule has 0 spiro atoms. The van der Waals surface area contributed by atoms with Crippen molar-refractivity contribution in [3.63, 3.8) is 0 Å². The largest absolute Gasteiger partial charge is 0.494 e. The van der Waals surface area contributed by atoms with Crippen LogP contribution in [0, 0.1) is 5.82 Å². The van der Waals surface area contributed by atoms with Crippen LogP contribution in [0.1, 0.15) is 40.7 Å². The van der Waals surface area contributed by atoms with E-state index in [0.29, 0.717) is 36.4 Å². The van der Waals surface area contributed by atoms with Crippen LogP contribution < -0.4 is 10.9 Å². The average molecular weight is 424 g/mol. The van der Waals surface area contributed by atoms with Gasteiger partial charge in [0.2, 0.25) is 5.88 Å². The zero-order valence-electron chi connectivity index (χ0n) is 16.7. The first-order valence-electron chi connectivity index (χ1n) is 10.2. The number of carbonyl (C=O) groups is 1. The summed E-state index contributed by atoms with van der Waals surface area (Å²) in [6.45, 7) is 1.12. The van der Waals surface area contributed by atoms with Crippen LogP contribution >= 0.6 is 0 Å². The van der Waals surface area contributed by atoms with Crippen molar-refractivity contribution >= 4 is 17.1 Å². The van der Waals surface area contributed by atoms with Gasteiger partial charge in [-0.3, -0.25) is 14.2 Å². The standard InChI is InChI=1S/C22H21FN4O4/c23-15-3-1-13(2-4-15)12-26-20-17(14-7-9-31-10-8-14)11-24-27(20)22(30)18(21(26)29)19(28)25-16-5-6-16/h1-4,7,11,16,29H,5-6,8-10,12H2,(H,25,28). The summed E-state index contributed by atoms with van der Waals surface area (Å²) in [6, 6.07) is 5.86. The monoisotopic (exact) mass is 424 g/mol. The Hall–Kier alpha value is -3.46. The van der Waals surface area contributed by atoms with Gasteiger partial charge in [0.1, 0.15) is 5.82 Å². The van der Waals surface area contributed by atoms with Gasteiger partial charge in [-0.05, 0) is 42.5 Å². The molecule has 1 saturated carbocycles. The number of rotatable bonds is 5. The number of aromatic nitrogens is 3. The Kier molecular flexibility index (Phi) is 4.82. The van der Waals surface area contributed by atoms with Crippen LogP contribution in [0.3, 0.4) is 0 Å². The fourth-order valence-electron chi connectivity index (χ4n) is 3.79. The lowest BCUT2D eigenvalue weighted by molar-refractivity contribution is 0.0944. The maximum absolute atomic E-state index is 13.4. The lowest BCUT2D eigenvalue weighted by atomic mass is 10.0. The highest BCUT2D eigenvalue weighted by atomic mass is 19.1. The molecule has 1 fully saturated rings. The summed E-state index contributed by atoms with van der Waals surface area (Å²) in [5, 5.41) is 18.1. The van der Waals surface area contributed by atoms with Gasteiger partial charge in [0.05, 0.1) is 26.0 Å². The zero-order valence-corrected chi connectivity index (χ0v) is 16.7. The molecule has 2 aliphatic rings. The number of carbonyl (C=O) groups excluding carboxylic acids is 1. The van der Waals surface area contributed by atoms with E-state index in [0.717, 1.165) is 22.9 Å². The molecule has 5 rings (SSSR count). The van der Waals surface area contributed by atoms with Crippen molar-refractivity contribution < 1.29 is 19.0 Å². The molecule has 1 aliphatic heterocycles. The number of fused-ring (bicyclic) bond motifs is 1. The SMILES string of the molecule is O=C(NC1CC1)c1c(O)n(Cc2ccc(F)cc2)c2c(C3=CCOCC3)cnn2c1=O. The number of nitrogens with zero attached hydrogens (tertiary/aromatic N) is 3. The number of nitrogens with one attached hydrogen (secondary N) is 1. The Morgan fingerprint density at radius 2 is 2.06 bits per heavy atom. The normalized spacial score (nSPS) is 16.4. The van der Waals surface area contributed by atoms with Crippen LogP contribution in [0.15, 0.2) is 41.3 Å². The van der Waals surface area contributed by atoms with E-state index in [-0.39, 0.29) is 24.0 Å². The van der Waals surface area contributed by atoms with Crippen LogP contribution in [-0.2, 0) is 11.3 Å². The molecule has 0 bridgehead atoms. The third-order valence-electron chi connectivity index (χ3n) is 5.59. The number of amides is 1. The van der Waals surface area contributed by atoms with E-state index in [1.807, 2.05) is 6.08 Å². The maximum Gasteiger partial charge on any atom is 0.291 e. The van der Waals surface area contributed by atoms with E-state index >= 15 is 0 Å². The van der Waals surface area contributed by atoms with Crippen molar-refractivity contribution in [2.24, 2.45) is 0 Å². The van der Waals surface area contributed by atoms with Gasteiger partial charge in [0.25, 0.3) is 11.5 Å². The number of halogens is 1. The first-order valence-corrected chi connectivity index (χ1v) is 10.2. The van der Waals surface area contributed by atoms with Crippen molar-refractivity contribution in [2.45, 2.75) is 31.8 Å². The third-order valence-corrected chi connectivity index (χ3v) is 5.59. The molecule has 0 atom stereocenters. The molecule has 0 radical (unpaired) electrons. The second-order valence-electron chi connectivity index (χ2n) is 7.81. The van der Waals surface area contributed by atoms with Crippen LogP contribution in [0.4, 0.5) is 4.39 Å². The maximum atomic E-state index is 13.4. The lowest BCUT2D eigenvalue weighted by Gasteiger charge is -2.18. The van der Waals surface area contributed by atoms with Crippen molar-refractivity contribution in [1.82, 2.24) is 19.5 Å². The minimum absolute atomic E-state index is 0.0214. The van der Waals surface area contributed by atoms with Gasteiger partial charge >= 0.3 is 0 Å². The minimum atomic E-state index is -0.681. The second-order valence-corrected chi connectivity index (χ2v) is 7.81. The molecule has 2 N–H and O–H groups in total. The van der Waals surface area contributed by atoms with Gasteiger partial charge in [0, 0.05) is 11.6 Å². The molecule has 1 aromatic carbocycles. The van der Waals surface area contributed by atoms with Crippen LogP contribution in [0.5, 0.6) is 5.88 Å². The Morgan fingerprint density at radius 1 is 1.29 bits per heavy atom. The number of ether oxygens (including phenoxy) is 1. The molecular formula is C22H21FN4O4. The highest BCUT2D eigenvalue weighted by Gasteiger charge is 2.30. The highest BCUT2D eigenvalue weighted by Crippen LogP contribution is 2.29. The summed E-state index contributed by atoms with van der Waals surface area (Å²) < 4.78 is 21.4. The minimum Gasteiger partial charge on any atom is -0.494 e. The van der Waals surface area contributed by atoms with E-state index in [4.69, 9.17) is 4.74 Å². The fourth-order valence-corrected chi connectivity index (χ4v) is 3.79. The van der Waals surface area contributed by atoms with Gasteiger partial charge in [-0.15, -0.1) is 0 Å². The molecule has 31 heavy (non-hydrogen) atoms. The topological polar surface area (TPSA) is 97.9 Å². The van der Waals surface area contributed by atoms with Crippen LogP contribution in [0.2, 0.25) is 0 Å². The van der Waals surface area contributed by atoms with Gasteiger partial charge in [0.15, 0.2) is 11.2 Å². The van der Waals surface area contributed by atoms with Crippen LogP contribution in [-0.4, -0.2) is 44.5 Å². The number of benzene rings is 1. The Bertz CT molecular complexity index is 1260. The fraction of sp³-hybridized carbons (Fsp3) is 0.318. The summed E-state index contributed by atoms with van der Waals surface area (Å²) in [5.74, 6) is -1.43. The number of hydrogen-bond donors (Lipinski definition) is 2. The van der Waals surface area contributed by atoms with Crippen molar-refractivity contribution in [3.05, 3.63) is 69.4 Å². The molecule has 1 aliphatic carbocycles. The molecule has 0 saturated heterocycles.